The normalized spacial score (nSPS) is 11.3. The Morgan fingerprint density at radius 2 is 1.58 bits per heavy atom. The summed E-state index contributed by atoms with van der Waals surface area (Å²) < 4.78 is 26.4. The van der Waals surface area contributed by atoms with Gasteiger partial charge in [0.2, 0.25) is 0 Å². The van der Waals surface area contributed by atoms with Gasteiger partial charge in [0.1, 0.15) is 5.15 Å². The molecule has 1 N–H and O–H groups in total. The zero-order chi connectivity index (χ0) is 14.0. The van der Waals surface area contributed by atoms with Crippen molar-refractivity contribution < 1.29 is 8.42 Å². The summed E-state index contributed by atoms with van der Waals surface area (Å²) in [4.78, 5) is 7.43. The van der Waals surface area contributed by atoms with Gasteiger partial charge in [0, 0.05) is 10.0 Å². The molecule has 0 unspecified atom stereocenters. The Bertz CT molecular complexity index is 684. The molecule has 1 aromatic heterocycles. The molecular weight excluding hydrogens is 333 g/mol. The fourth-order valence-electron chi connectivity index (χ4n) is 1.25. The summed E-state index contributed by atoms with van der Waals surface area (Å²) in [5.74, 6) is 0.0421. The number of benzene rings is 1. The lowest BCUT2D eigenvalue weighted by atomic mass is 10.4. The Balaban J connectivity index is 2.34. The molecule has 0 radical (unpaired) electrons. The Morgan fingerprint density at radius 3 is 2.11 bits per heavy atom. The molecule has 100 valence electrons. The van der Waals surface area contributed by atoms with Gasteiger partial charge in [0.25, 0.3) is 10.0 Å². The highest BCUT2D eigenvalue weighted by molar-refractivity contribution is 7.92. The molecule has 19 heavy (non-hydrogen) atoms. The third-order valence-corrected chi connectivity index (χ3v) is 3.97. The first-order valence-corrected chi connectivity index (χ1v) is 7.45. The standard InChI is InChI=1S/C10H6Cl3N3O2S/c11-6-1-7(12)3-8(2-6)19(17,18)16-10-5-14-9(13)4-15-10/h1-5H,(H,15,16). The largest absolute Gasteiger partial charge is 0.263 e. The third kappa shape index (κ3) is 3.70. The first kappa shape index (κ1) is 14.3. The molecule has 0 aliphatic rings. The Morgan fingerprint density at radius 1 is 0.947 bits per heavy atom. The molecule has 0 saturated heterocycles. The Kier molecular flexibility index (Phi) is 4.15. The summed E-state index contributed by atoms with van der Waals surface area (Å²) in [5, 5.41) is 0.596. The second kappa shape index (κ2) is 5.50. The van der Waals surface area contributed by atoms with E-state index in [4.69, 9.17) is 34.8 Å². The van der Waals surface area contributed by atoms with Gasteiger partial charge >= 0.3 is 0 Å². The monoisotopic (exact) mass is 337 g/mol. The van der Waals surface area contributed by atoms with Gasteiger partial charge in [-0.05, 0) is 18.2 Å². The van der Waals surface area contributed by atoms with Gasteiger partial charge in [-0.25, -0.2) is 18.4 Å². The minimum absolute atomic E-state index is 0.0421. The average molecular weight is 339 g/mol. The van der Waals surface area contributed by atoms with Crippen LogP contribution in [0.2, 0.25) is 15.2 Å². The van der Waals surface area contributed by atoms with Crippen LogP contribution in [-0.4, -0.2) is 18.4 Å². The van der Waals surface area contributed by atoms with Crippen molar-refractivity contribution in [1.82, 2.24) is 9.97 Å². The fourth-order valence-corrected chi connectivity index (χ4v) is 3.06. The van der Waals surface area contributed by atoms with Crippen molar-refractivity contribution in [2.75, 3.05) is 4.72 Å². The minimum Gasteiger partial charge on any atom is -0.262 e. The molecule has 0 saturated carbocycles. The number of sulfonamides is 1. The van der Waals surface area contributed by atoms with Gasteiger partial charge in [0.15, 0.2) is 5.82 Å². The highest BCUT2D eigenvalue weighted by Gasteiger charge is 2.16. The van der Waals surface area contributed by atoms with Crippen LogP contribution in [0.25, 0.3) is 0 Å². The van der Waals surface area contributed by atoms with Gasteiger partial charge in [-0.3, -0.25) is 4.72 Å². The molecular formula is C10H6Cl3N3O2S. The van der Waals surface area contributed by atoms with E-state index in [1.165, 1.54) is 30.6 Å². The van der Waals surface area contributed by atoms with Crippen molar-refractivity contribution >= 4 is 50.6 Å². The van der Waals surface area contributed by atoms with Crippen LogP contribution >= 0.6 is 34.8 Å². The van der Waals surface area contributed by atoms with Crippen molar-refractivity contribution in [2.45, 2.75) is 4.90 Å². The summed E-state index contributed by atoms with van der Waals surface area (Å²) >= 11 is 17.1. The summed E-state index contributed by atoms with van der Waals surface area (Å²) in [6.07, 6.45) is 2.43. The van der Waals surface area contributed by atoms with Crippen LogP contribution in [0.3, 0.4) is 0 Å². The van der Waals surface area contributed by atoms with Gasteiger partial charge in [-0.15, -0.1) is 0 Å². The van der Waals surface area contributed by atoms with E-state index >= 15 is 0 Å². The zero-order valence-corrected chi connectivity index (χ0v) is 12.2. The lowest BCUT2D eigenvalue weighted by Crippen LogP contribution is -2.14. The number of aromatic nitrogens is 2. The molecule has 9 heteroatoms. The van der Waals surface area contributed by atoms with Crippen LogP contribution in [0.15, 0.2) is 35.5 Å². The lowest BCUT2D eigenvalue weighted by molar-refractivity contribution is 0.601. The molecule has 5 nitrogen and oxygen atoms in total. The molecule has 2 rings (SSSR count). The van der Waals surface area contributed by atoms with Crippen LogP contribution in [0.5, 0.6) is 0 Å². The van der Waals surface area contributed by atoms with E-state index < -0.39 is 10.0 Å². The highest BCUT2D eigenvalue weighted by Crippen LogP contribution is 2.23. The van der Waals surface area contributed by atoms with Gasteiger partial charge in [-0.1, -0.05) is 34.8 Å². The van der Waals surface area contributed by atoms with E-state index in [1.807, 2.05) is 0 Å². The minimum atomic E-state index is -3.84. The second-order valence-corrected chi connectivity index (χ2v) is 6.38. The van der Waals surface area contributed by atoms with Crippen LogP contribution in [0.1, 0.15) is 0 Å². The predicted molar refractivity (Wildman–Crippen MR) is 74.3 cm³/mol. The maximum Gasteiger partial charge on any atom is 0.263 e. The molecule has 0 fully saturated rings. The Hall–Kier alpha value is -1.08. The maximum absolute atomic E-state index is 12.1. The molecule has 1 aromatic carbocycles. The van der Waals surface area contributed by atoms with Crippen molar-refractivity contribution in [1.29, 1.82) is 0 Å². The second-order valence-electron chi connectivity index (χ2n) is 3.44. The molecule has 2 aromatic rings. The molecule has 0 bridgehead atoms. The first-order chi connectivity index (χ1) is 8.87. The quantitative estimate of drug-likeness (QED) is 0.932. The van der Waals surface area contributed by atoms with Crippen molar-refractivity contribution in [2.24, 2.45) is 0 Å². The molecule has 0 aliphatic carbocycles. The molecule has 0 spiro atoms. The summed E-state index contributed by atoms with van der Waals surface area (Å²) in [6.45, 7) is 0. The van der Waals surface area contributed by atoms with E-state index in [-0.39, 0.29) is 25.9 Å². The van der Waals surface area contributed by atoms with E-state index in [2.05, 4.69) is 14.7 Å². The van der Waals surface area contributed by atoms with Gasteiger partial charge in [-0.2, -0.15) is 0 Å². The number of hydrogen-bond donors (Lipinski definition) is 1. The highest BCUT2D eigenvalue weighted by atomic mass is 35.5. The number of nitrogens with zero attached hydrogens (tertiary/aromatic N) is 2. The van der Waals surface area contributed by atoms with Crippen molar-refractivity contribution in [3.05, 3.63) is 45.8 Å². The van der Waals surface area contributed by atoms with E-state index in [1.54, 1.807) is 0 Å². The molecule has 0 atom stereocenters. The SMILES string of the molecule is O=S(=O)(Nc1cnc(Cl)cn1)c1cc(Cl)cc(Cl)c1. The average Bonchev–Trinajstić information content (AvgIpc) is 2.31. The lowest BCUT2D eigenvalue weighted by Gasteiger charge is -2.07. The number of hydrogen-bond acceptors (Lipinski definition) is 4. The van der Waals surface area contributed by atoms with Gasteiger partial charge < -0.3 is 0 Å². The summed E-state index contributed by atoms with van der Waals surface area (Å²) in [7, 11) is -3.84. The number of nitrogens with one attached hydrogen (secondary N) is 1. The van der Waals surface area contributed by atoms with Crippen LogP contribution in [-0.2, 0) is 10.0 Å². The van der Waals surface area contributed by atoms with Crippen LogP contribution in [0.4, 0.5) is 5.82 Å². The number of rotatable bonds is 3. The Labute approximate surface area is 124 Å². The molecule has 1 heterocycles. The zero-order valence-electron chi connectivity index (χ0n) is 9.14. The molecule has 0 amide bonds. The number of anilines is 1. The first-order valence-electron chi connectivity index (χ1n) is 4.83. The van der Waals surface area contributed by atoms with Crippen LogP contribution < -0.4 is 4.72 Å². The van der Waals surface area contributed by atoms with Crippen LogP contribution in [0, 0.1) is 0 Å². The van der Waals surface area contributed by atoms with Crippen molar-refractivity contribution in [3.63, 3.8) is 0 Å². The summed E-state index contributed by atoms with van der Waals surface area (Å²) in [6, 6.07) is 3.99. The number of halogens is 3. The van der Waals surface area contributed by atoms with E-state index in [9.17, 15) is 8.42 Å². The van der Waals surface area contributed by atoms with Crippen molar-refractivity contribution in [3.8, 4) is 0 Å². The van der Waals surface area contributed by atoms with E-state index in [0.717, 1.165) is 0 Å². The predicted octanol–water partition coefficient (Wildman–Crippen LogP) is 3.24. The van der Waals surface area contributed by atoms with Gasteiger partial charge in [0.05, 0.1) is 17.3 Å². The third-order valence-electron chi connectivity index (χ3n) is 2.01. The van der Waals surface area contributed by atoms with E-state index in [0.29, 0.717) is 0 Å². The topological polar surface area (TPSA) is 72.0 Å². The maximum atomic E-state index is 12.1. The molecule has 0 aliphatic heterocycles. The summed E-state index contributed by atoms with van der Waals surface area (Å²) in [5.41, 5.74) is 0. The smallest absolute Gasteiger partial charge is 0.262 e. The fraction of sp³-hybridized carbons (Fsp3) is 0.